The highest BCUT2D eigenvalue weighted by atomic mass is 35.5. The fourth-order valence-corrected chi connectivity index (χ4v) is 4.82. The molecule has 1 aliphatic rings. The van der Waals surface area contributed by atoms with Crippen LogP contribution in [-0.2, 0) is 0 Å². The monoisotopic (exact) mass is 552 g/mol. The minimum Gasteiger partial charge on any atom is -0.494 e. The van der Waals surface area contributed by atoms with Crippen molar-refractivity contribution in [2.24, 2.45) is 5.73 Å². The van der Waals surface area contributed by atoms with E-state index in [4.69, 9.17) is 47.9 Å². The number of nitrogens with zero attached hydrogens (tertiary/aromatic N) is 1. The number of nitriles is 1. The average Bonchev–Trinajstić information content (AvgIpc) is 2.90. The fourth-order valence-electron chi connectivity index (χ4n) is 4.18. The van der Waals surface area contributed by atoms with Crippen LogP contribution in [0.1, 0.15) is 53.6 Å². The average molecular weight is 553 g/mol. The molecule has 3 aromatic rings. The van der Waals surface area contributed by atoms with Gasteiger partial charge in [0.05, 0.1) is 35.2 Å². The van der Waals surface area contributed by atoms with Gasteiger partial charge in [0.25, 0.3) is 0 Å². The second kappa shape index (κ2) is 12.1. The molecule has 0 aromatic heterocycles. The molecule has 0 bridgehead atoms. The van der Waals surface area contributed by atoms with E-state index in [9.17, 15) is 10.1 Å². The maximum atomic E-state index is 12.8. The van der Waals surface area contributed by atoms with Crippen molar-refractivity contribution in [3.63, 3.8) is 0 Å². The number of hydrogen-bond acceptors (Lipinski definition) is 7. The number of hydrogen-bond donors (Lipinski definition) is 1. The largest absolute Gasteiger partial charge is 0.494 e. The fraction of sp³-hybridized carbons (Fsp3) is 0.241. The second-order valence-corrected chi connectivity index (χ2v) is 9.43. The molecule has 1 unspecified atom stereocenters. The summed E-state index contributed by atoms with van der Waals surface area (Å²) in [7, 11) is 1.43. The van der Waals surface area contributed by atoms with Crippen LogP contribution in [0.4, 0.5) is 0 Å². The zero-order valence-electron chi connectivity index (χ0n) is 20.9. The maximum absolute atomic E-state index is 12.8. The molecule has 0 saturated heterocycles. The number of unbranched alkanes of at least 4 members (excludes halogenated alkanes) is 2. The summed E-state index contributed by atoms with van der Waals surface area (Å²) < 4.78 is 22.2. The van der Waals surface area contributed by atoms with Gasteiger partial charge in [0.2, 0.25) is 5.88 Å². The smallest absolute Gasteiger partial charge is 0.343 e. The molecular weight excluding hydrogens is 527 g/mol. The lowest BCUT2D eigenvalue weighted by Crippen LogP contribution is -2.21. The summed E-state index contributed by atoms with van der Waals surface area (Å²) in [5.41, 5.74) is 8.13. The van der Waals surface area contributed by atoms with Gasteiger partial charge >= 0.3 is 5.97 Å². The molecule has 1 atom stereocenters. The number of esters is 1. The molecule has 0 fully saturated rings. The molecule has 1 heterocycles. The minimum atomic E-state index is -0.667. The van der Waals surface area contributed by atoms with Crippen molar-refractivity contribution < 1.29 is 23.7 Å². The third-order valence-corrected chi connectivity index (χ3v) is 6.63. The Morgan fingerprint density at radius 3 is 2.37 bits per heavy atom. The van der Waals surface area contributed by atoms with E-state index in [0.29, 0.717) is 23.5 Å². The van der Waals surface area contributed by atoms with E-state index in [1.54, 1.807) is 18.2 Å². The number of ether oxygens (including phenoxy) is 4. The van der Waals surface area contributed by atoms with Crippen molar-refractivity contribution in [3.05, 3.63) is 92.8 Å². The van der Waals surface area contributed by atoms with Crippen LogP contribution >= 0.6 is 23.2 Å². The number of fused-ring (bicyclic) bond motifs is 1. The molecular formula is C29H26Cl2N2O5. The Labute approximate surface area is 231 Å². The lowest BCUT2D eigenvalue weighted by atomic mass is 9.83. The molecule has 2 N–H and O–H groups in total. The SMILES string of the molecule is CCCCCOc1ccc(C2C(C#N)=C(N)Oc3cc(OC(=O)c4cc(Cl)c(OC)c(Cl)c4)ccc32)cc1. The highest BCUT2D eigenvalue weighted by molar-refractivity contribution is 6.37. The van der Waals surface area contributed by atoms with Gasteiger partial charge in [0.1, 0.15) is 28.9 Å². The molecule has 0 aliphatic carbocycles. The summed E-state index contributed by atoms with van der Waals surface area (Å²) in [6.07, 6.45) is 3.24. The van der Waals surface area contributed by atoms with Gasteiger partial charge in [-0.1, -0.05) is 61.2 Å². The summed E-state index contributed by atoms with van der Waals surface area (Å²) in [5, 5.41) is 10.2. The predicted octanol–water partition coefficient (Wildman–Crippen LogP) is 7.01. The molecule has 0 amide bonds. The first-order valence-electron chi connectivity index (χ1n) is 12.1. The quantitative estimate of drug-likeness (QED) is 0.173. The molecule has 196 valence electrons. The highest BCUT2D eigenvalue weighted by Gasteiger charge is 2.31. The number of allylic oxidation sites excluding steroid dienone is 1. The van der Waals surface area contributed by atoms with Gasteiger partial charge in [-0.2, -0.15) is 5.26 Å². The molecule has 1 aliphatic heterocycles. The molecule has 38 heavy (non-hydrogen) atoms. The number of methoxy groups -OCH3 is 1. The van der Waals surface area contributed by atoms with Gasteiger partial charge in [0, 0.05) is 11.6 Å². The highest BCUT2D eigenvalue weighted by Crippen LogP contribution is 2.44. The van der Waals surface area contributed by atoms with Crippen LogP contribution < -0.4 is 24.7 Å². The van der Waals surface area contributed by atoms with Crippen molar-refractivity contribution in [2.75, 3.05) is 13.7 Å². The van der Waals surface area contributed by atoms with E-state index >= 15 is 0 Å². The van der Waals surface area contributed by atoms with Crippen LogP contribution in [0.2, 0.25) is 10.0 Å². The lowest BCUT2D eigenvalue weighted by Gasteiger charge is -2.26. The number of halogens is 2. The Bertz CT molecular complexity index is 1390. The Kier molecular flexibility index (Phi) is 8.67. The van der Waals surface area contributed by atoms with Crippen LogP contribution in [0.3, 0.4) is 0 Å². The third kappa shape index (κ3) is 5.83. The number of carbonyl (C=O) groups excluding carboxylic acids is 1. The van der Waals surface area contributed by atoms with Crippen molar-refractivity contribution in [2.45, 2.75) is 32.1 Å². The van der Waals surface area contributed by atoms with E-state index in [1.807, 2.05) is 24.3 Å². The van der Waals surface area contributed by atoms with E-state index in [2.05, 4.69) is 13.0 Å². The van der Waals surface area contributed by atoms with Gasteiger partial charge in [0.15, 0.2) is 5.75 Å². The number of nitrogens with two attached hydrogens (primary N) is 1. The van der Waals surface area contributed by atoms with Crippen LogP contribution in [0.25, 0.3) is 0 Å². The Hall–Kier alpha value is -3.86. The zero-order valence-corrected chi connectivity index (χ0v) is 22.4. The van der Waals surface area contributed by atoms with Crippen molar-refractivity contribution in [3.8, 4) is 29.1 Å². The minimum absolute atomic E-state index is 0.0120. The first kappa shape index (κ1) is 27.2. The van der Waals surface area contributed by atoms with E-state index < -0.39 is 11.9 Å². The molecule has 4 rings (SSSR count). The number of benzene rings is 3. The molecule has 7 nitrogen and oxygen atoms in total. The molecule has 3 aromatic carbocycles. The molecule has 9 heteroatoms. The summed E-state index contributed by atoms with van der Waals surface area (Å²) in [5.74, 6) is 0.490. The van der Waals surface area contributed by atoms with Crippen LogP contribution in [-0.4, -0.2) is 19.7 Å². The standard InChI is InChI=1S/C29H26Cl2N2O5/c1-3-4-5-12-36-19-8-6-17(7-9-19)26-21-11-10-20(15-25(21)38-28(33)22(26)16-32)37-29(34)18-13-23(30)27(35-2)24(31)14-18/h6-11,13-15,26H,3-5,12,33H2,1-2H3. The summed E-state index contributed by atoms with van der Waals surface area (Å²) in [6, 6.07) is 17.5. The first-order valence-corrected chi connectivity index (χ1v) is 12.8. The zero-order chi connectivity index (χ0) is 27.2. The van der Waals surface area contributed by atoms with Gasteiger partial charge in [-0.15, -0.1) is 0 Å². The van der Waals surface area contributed by atoms with E-state index in [-0.39, 0.29) is 33.0 Å². The van der Waals surface area contributed by atoms with Crippen LogP contribution in [0.5, 0.6) is 23.0 Å². The van der Waals surface area contributed by atoms with Crippen molar-refractivity contribution in [1.29, 1.82) is 5.26 Å². The van der Waals surface area contributed by atoms with E-state index in [1.165, 1.54) is 19.2 Å². The topological polar surface area (TPSA) is 104 Å². The number of carbonyl (C=O) groups is 1. The third-order valence-electron chi connectivity index (χ3n) is 6.07. The molecule has 0 saturated carbocycles. The van der Waals surface area contributed by atoms with Crippen LogP contribution in [0.15, 0.2) is 66.1 Å². The Morgan fingerprint density at radius 1 is 1.05 bits per heavy atom. The van der Waals surface area contributed by atoms with Crippen LogP contribution in [0, 0.1) is 11.3 Å². The molecule has 0 radical (unpaired) electrons. The second-order valence-electron chi connectivity index (χ2n) is 8.61. The van der Waals surface area contributed by atoms with Gasteiger partial charge in [-0.05, 0) is 42.3 Å². The maximum Gasteiger partial charge on any atom is 0.343 e. The first-order chi connectivity index (χ1) is 18.4. The van der Waals surface area contributed by atoms with Gasteiger partial charge in [-0.3, -0.25) is 0 Å². The summed E-state index contributed by atoms with van der Waals surface area (Å²) in [6.45, 7) is 2.80. The van der Waals surface area contributed by atoms with Crippen molar-refractivity contribution in [1.82, 2.24) is 0 Å². The van der Waals surface area contributed by atoms with E-state index in [0.717, 1.165) is 30.6 Å². The van der Waals surface area contributed by atoms with Gasteiger partial charge in [-0.25, -0.2) is 4.79 Å². The summed E-state index contributed by atoms with van der Waals surface area (Å²) in [4.78, 5) is 12.8. The van der Waals surface area contributed by atoms with Gasteiger partial charge < -0.3 is 24.7 Å². The predicted molar refractivity (Wildman–Crippen MR) is 145 cm³/mol. The Morgan fingerprint density at radius 2 is 1.74 bits per heavy atom. The normalized spacial score (nSPS) is 14.2. The Balaban J connectivity index is 1.58. The molecule has 0 spiro atoms. The van der Waals surface area contributed by atoms with Crippen molar-refractivity contribution >= 4 is 29.2 Å². The summed E-state index contributed by atoms with van der Waals surface area (Å²) >= 11 is 12.3. The lowest BCUT2D eigenvalue weighted by molar-refractivity contribution is 0.0734. The number of rotatable bonds is 9.